The fraction of sp³-hybridized carbons (Fsp3) is 0.588. The second kappa shape index (κ2) is 7.88. The van der Waals surface area contributed by atoms with Gasteiger partial charge >= 0.3 is 6.09 Å². The number of fused-ring (bicyclic) bond motifs is 2. The van der Waals surface area contributed by atoms with Crippen LogP contribution in [-0.4, -0.2) is 76.5 Å². The van der Waals surface area contributed by atoms with Crippen molar-refractivity contribution in [3.8, 4) is 5.75 Å². The summed E-state index contributed by atoms with van der Waals surface area (Å²) in [4.78, 5) is 24.9. The van der Waals surface area contributed by atoms with Gasteiger partial charge in [0.25, 0.3) is 5.69 Å². The van der Waals surface area contributed by atoms with Crippen LogP contribution in [0.15, 0.2) is 24.3 Å². The van der Waals surface area contributed by atoms with E-state index in [-0.39, 0.29) is 12.3 Å². The molecule has 1 aromatic carbocycles. The molecular weight excluding hydrogens is 342 g/mol. The Morgan fingerprint density at radius 1 is 1.23 bits per heavy atom. The first kappa shape index (κ1) is 18.4. The summed E-state index contributed by atoms with van der Waals surface area (Å²) < 4.78 is 5.50. The van der Waals surface area contributed by atoms with Crippen LogP contribution in [0.5, 0.6) is 5.75 Å². The maximum Gasteiger partial charge on any atom is 0.407 e. The van der Waals surface area contributed by atoms with E-state index in [1.165, 1.54) is 29.2 Å². The number of nitro groups is 1. The lowest BCUT2D eigenvalue weighted by Crippen LogP contribution is -2.55. The first-order valence-electron chi connectivity index (χ1n) is 8.66. The highest BCUT2D eigenvalue weighted by molar-refractivity contribution is 5.65. The lowest BCUT2D eigenvalue weighted by atomic mass is 9.85. The smallest absolute Gasteiger partial charge is 0.407 e. The molecule has 2 N–H and O–H groups in total. The summed E-state index contributed by atoms with van der Waals surface area (Å²) in [5, 5.41) is 30.0. The molecule has 3 atom stereocenters. The predicted octanol–water partition coefficient (Wildman–Crippen LogP) is 1.27. The second-order valence-electron chi connectivity index (χ2n) is 7.09. The standard InChI is InChI=1S/C17H23N3O6/c21-15(11-26-16-3-1-14(2-4-16)20(24)25)10-18-6-12-5-13(7-18)9-19(8-12)17(22)23/h1-4,12-13,15,21H,5-11H2,(H,22,23). The molecule has 0 spiro atoms. The number of non-ortho nitro benzene ring substituents is 1. The van der Waals surface area contributed by atoms with Crippen molar-refractivity contribution in [2.24, 2.45) is 11.8 Å². The summed E-state index contributed by atoms with van der Waals surface area (Å²) >= 11 is 0. The molecule has 0 radical (unpaired) electrons. The van der Waals surface area contributed by atoms with Crippen molar-refractivity contribution in [3.63, 3.8) is 0 Å². The third-order valence-electron chi connectivity index (χ3n) is 4.89. The Morgan fingerprint density at radius 2 is 1.85 bits per heavy atom. The van der Waals surface area contributed by atoms with Crippen molar-refractivity contribution in [3.05, 3.63) is 34.4 Å². The van der Waals surface area contributed by atoms with Gasteiger partial charge in [0.2, 0.25) is 0 Å². The van der Waals surface area contributed by atoms with Gasteiger partial charge in [0.15, 0.2) is 0 Å². The number of likely N-dealkylation sites (tertiary alicyclic amines) is 2. The molecule has 142 valence electrons. The van der Waals surface area contributed by atoms with E-state index in [0.29, 0.717) is 37.2 Å². The molecule has 9 nitrogen and oxygen atoms in total. The molecule has 1 amide bonds. The zero-order valence-electron chi connectivity index (χ0n) is 14.4. The van der Waals surface area contributed by atoms with Crippen LogP contribution >= 0.6 is 0 Å². The van der Waals surface area contributed by atoms with E-state index >= 15 is 0 Å². The zero-order chi connectivity index (χ0) is 18.7. The van der Waals surface area contributed by atoms with E-state index in [1.807, 2.05) is 0 Å². The number of nitro benzene ring substituents is 1. The summed E-state index contributed by atoms with van der Waals surface area (Å²) in [5.41, 5.74) is -0.00633. The van der Waals surface area contributed by atoms with Crippen LogP contribution in [0, 0.1) is 22.0 Å². The topological polar surface area (TPSA) is 116 Å². The van der Waals surface area contributed by atoms with E-state index in [9.17, 15) is 20.0 Å². The molecule has 2 bridgehead atoms. The number of β-amino-alcohol motifs (C(OH)–C–C–N with tert-alkyl or cyclic N) is 1. The summed E-state index contributed by atoms with van der Waals surface area (Å²) in [6.45, 7) is 3.22. The van der Waals surface area contributed by atoms with Gasteiger partial charge in [-0.05, 0) is 30.4 Å². The average molecular weight is 365 g/mol. The predicted molar refractivity (Wildman–Crippen MR) is 92.2 cm³/mol. The highest BCUT2D eigenvalue weighted by Gasteiger charge is 2.36. The molecule has 3 unspecified atom stereocenters. The molecule has 2 saturated heterocycles. The minimum atomic E-state index is -0.857. The van der Waals surface area contributed by atoms with Crippen molar-refractivity contribution in [1.82, 2.24) is 9.80 Å². The number of nitrogens with zero attached hydrogens (tertiary/aromatic N) is 3. The van der Waals surface area contributed by atoms with Gasteiger partial charge < -0.3 is 19.8 Å². The number of rotatable bonds is 6. The number of aliphatic hydroxyl groups excluding tert-OH is 1. The molecule has 2 aliphatic rings. The maximum atomic E-state index is 11.1. The maximum absolute atomic E-state index is 11.1. The van der Waals surface area contributed by atoms with E-state index in [1.54, 1.807) is 0 Å². The first-order chi connectivity index (χ1) is 12.4. The molecule has 0 aromatic heterocycles. The van der Waals surface area contributed by atoms with Crippen molar-refractivity contribution < 1.29 is 24.7 Å². The Morgan fingerprint density at radius 3 is 2.38 bits per heavy atom. The van der Waals surface area contributed by atoms with Crippen LogP contribution in [0.4, 0.5) is 10.5 Å². The molecular formula is C17H23N3O6. The van der Waals surface area contributed by atoms with Crippen molar-refractivity contribution in [1.29, 1.82) is 0 Å². The van der Waals surface area contributed by atoms with E-state index in [2.05, 4.69) is 4.90 Å². The third-order valence-corrected chi connectivity index (χ3v) is 4.89. The lowest BCUT2D eigenvalue weighted by molar-refractivity contribution is -0.384. The molecule has 0 aliphatic carbocycles. The van der Waals surface area contributed by atoms with Gasteiger partial charge in [-0.1, -0.05) is 0 Å². The number of aliphatic hydroxyl groups is 1. The van der Waals surface area contributed by atoms with Crippen LogP contribution in [0.2, 0.25) is 0 Å². The molecule has 26 heavy (non-hydrogen) atoms. The Bertz CT molecular complexity index is 638. The monoisotopic (exact) mass is 365 g/mol. The van der Waals surface area contributed by atoms with Crippen molar-refractivity contribution >= 4 is 11.8 Å². The zero-order valence-corrected chi connectivity index (χ0v) is 14.4. The molecule has 2 aliphatic heterocycles. The van der Waals surface area contributed by atoms with Crippen molar-refractivity contribution in [2.75, 3.05) is 39.3 Å². The fourth-order valence-electron chi connectivity index (χ4n) is 3.90. The minimum Gasteiger partial charge on any atom is -0.491 e. The number of carbonyl (C=O) groups is 1. The van der Waals surface area contributed by atoms with Crippen LogP contribution in [0.3, 0.4) is 0 Å². The third kappa shape index (κ3) is 4.61. The Kier molecular flexibility index (Phi) is 5.58. The van der Waals surface area contributed by atoms with Gasteiger partial charge in [-0.25, -0.2) is 4.79 Å². The molecule has 1 aromatic rings. The van der Waals surface area contributed by atoms with Gasteiger partial charge in [0, 0.05) is 44.9 Å². The number of amides is 1. The minimum absolute atomic E-state index is 0.00633. The number of hydrogen-bond acceptors (Lipinski definition) is 6. The van der Waals surface area contributed by atoms with E-state index < -0.39 is 17.1 Å². The van der Waals surface area contributed by atoms with E-state index in [0.717, 1.165) is 19.5 Å². The van der Waals surface area contributed by atoms with E-state index in [4.69, 9.17) is 9.84 Å². The second-order valence-corrected chi connectivity index (χ2v) is 7.09. The van der Waals surface area contributed by atoms with Crippen molar-refractivity contribution in [2.45, 2.75) is 12.5 Å². The van der Waals surface area contributed by atoms with Gasteiger partial charge in [-0.3, -0.25) is 15.0 Å². The normalized spacial score (nSPS) is 24.1. The summed E-state index contributed by atoms with van der Waals surface area (Å²) in [6.07, 6.45) is -0.500. The molecule has 2 heterocycles. The van der Waals surface area contributed by atoms with Gasteiger partial charge in [0.05, 0.1) is 4.92 Å². The first-order valence-corrected chi connectivity index (χ1v) is 8.66. The van der Waals surface area contributed by atoms with Crippen LogP contribution in [0.25, 0.3) is 0 Å². The van der Waals surface area contributed by atoms with Crippen LogP contribution < -0.4 is 4.74 Å². The van der Waals surface area contributed by atoms with Crippen LogP contribution in [0.1, 0.15) is 6.42 Å². The van der Waals surface area contributed by atoms with Crippen LogP contribution in [-0.2, 0) is 0 Å². The van der Waals surface area contributed by atoms with Gasteiger partial charge in [0.1, 0.15) is 18.5 Å². The van der Waals surface area contributed by atoms with Gasteiger partial charge in [-0.15, -0.1) is 0 Å². The molecule has 3 rings (SSSR count). The number of benzene rings is 1. The number of carboxylic acid groups (broad SMARTS) is 1. The SMILES string of the molecule is O=C(O)N1CC2CC(CN(CC(O)COc3ccc([N+](=O)[O-])cc3)C2)C1. The highest BCUT2D eigenvalue weighted by atomic mass is 16.6. The number of piperidine rings is 2. The number of ether oxygens (including phenoxy) is 1. The Balaban J connectivity index is 1.45. The van der Waals surface area contributed by atoms with Gasteiger partial charge in [-0.2, -0.15) is 0 Å². The summed E-state index contributed by atoms with van der Waals surface area (Å²) in [7, 11) is 0. The quantitative estimate of drug-likeness (QED) is 0.576. The highest BCUT2D eigenvalue weighted by Crippen LogP contribution is 2.28. The summed E-state index contributed by atoms with van der Waals surface area (Å²) in [6, 6.07) is 5.75. The molecule has 0 saturated carbocycles. The fourth-order valence-corrected chi connectivity index (χ4v) is 3.90. The number of hydrogen-bond donors (Lipinski definition) is 2. The lowest BCUT2D eigenvalue weighted by Gasteiger charge is -2.45. The average Bonchev–Trinajstić information content (AvgIpc) is 2.59. The molecule has 9 heteroatoms. The Labute approximate surface area is 150 Å². The largest absolute Gasteiger partial charge is 0.491 e. The molecule has 2 fully saturated rings. The summed E-state index contributed by atoms with van der Waals surface area (Å²) in [5.74, 6) is 1.09. The Hall–Kier alpha value is -2.39.